The van der Waals surface area contributed by atoms with Gasteiger partial charge in [0.15, 0.2) is 0 Å². The number of nitrogens with one attached hydrogen (secondary N) is 1. The Kier molecular flexibility index (Phi) is 5.80. The Hall–Kier alpha value is -2.66. The van der Waals surface area contributed by atoms with E-state index in [0.29, 0.717) is 6.61 Å². The van der Waals surface area contributed by atoms with E-state index in [-0.39, 0.29) is 11.9 Å². The summed E-state index contributed by atoms with van der Waals surface area (Å²) in [6.45, 7) is 4.96. The van der Waals surface area contributed by atoms with Crippen molar-refractivity contribution in [3.63, 3.8) is 0 Å². The highest BCUT2D eigenvalue weighted by atomic mass is 16.5. The summed E-state index contributed by atoms with van der Waals surface area (Å²) in [6.07, 6.45) is 5.24. The number of benzene rings is 1. The second-order valence-corrected chi connectivity index (χ2v) is 6.10. The lowest BCUT2D eigenvalue weighted by Crippen LogP contribution is -2.51. The fraction of sp³-hybridized carbons (Fsp3) is 0.300. The topological polar surface area (TPSA) is 54.5 Å². The number of hydrogen-bond donors (Lipinski definition) is 1. The molecule has 1 atom stereocenters. The van der Waals surface area contributed by atoms with Gasteiger partial charge in [0.05, 0.1) is 5.69 Å². The Morgan fingerprint density at radius 3 is 2.88 bits per heavy atom. The number of ether oxygens (including phenoxy) is 1. The predicted octanol–water partition coefficient (Wildman–Crippen LogP) is 2.49. The maximum atomic E-state index is 12.3. The van der Waals surface area contributed by atoms with E-state index in [1.165, 1.54) is 0 Å². The quantitative estimate of drug-likeness (QED) is 0.852. The van der Waals surface area contributed by atoms with Crippen molar-refractivity contribution in [1.29, 1.82) is 0 Å². The van der Waals surface area contributed by atoms with Crippen molar-refractivity contribution in [1.82, 2.24) is 15.2 Å². The van der Waals surface area contributed by atoms with Crippen LogP contribution in [0.25, 0.3) is 6.08 Å². The molecule has 2 aromatic rings. The number of amides is 1. The minimum Gasteiger partial charge on any atom is -0.487 e. The number of rotatable bonds is 5. The van der Waals surface area contributed by atoms with Gasteiger partial charge in [-0.05, 0) is 42.8 Å². The van der Waals surface area contributed by atoms with Crippen molar-refractivity contribution in [2.24, 2.45) is 0 Å². The molecule has 2 heterocycles. The highest BCUT2D eigenvalue weighted by Crippen LogP contribution is 2.15. The molecule has 0 saturated carbocycles. The van der Waals surface area contributed by atoms with Crippen molar-refractivity contribution in [2.75, 3.05) is 19.6 Å². The number of hydrogen-bond acceptors (Lipinski definition) is 4. The Morgan fingerprint density at radius 2 is 2.16 bits per heavy atom. The average Bonchev–Trinajstić information content (AvgIpc) is 2.66. The lowest BCUT2D eigenvalue weighted by atomic mass is 10.2. The molecule has 3 rings (SSSR count). The van der Waals surface area contributed by atoms with Gasteiger partial charge in [-0.2, -0.15) is 0 Å². The largest absolute Gasteiger partial charge is 0.487 e. The molecule has 0 radical (unpaired) electrons. The third kappa shape index (κ3) is 4.90. The minimum atomic E-state index is 0.0597. The van der Waals surface area contributed by atoms with Crippen LogP contribution in [0.3, 0.4) is 0 Å². The lowest BCUT2D eigenvalue weighted by Gasteiger charge is -2.33. The predicted molar refractivity (Wildman–Crippen MR) is 98.1 cm³/mol. The van der Waals surface area contributed by atoms with Gasteiger partial charge < -0.3 is 15.0 Å². The van der Waals surface area contributed by atoms with Crippen molar-refractivity contribution >= 4 is 12.0 Å². The molecule has 5 nitrogen and oxygen atoms in total. The van der Waals surface area contributed by atoms with E-state index < -0.39 is 0 Å². The fourth-order valence-corrected chi connectivity index (χ4v) is 2.75. The Morgan fingerprint density at radius 1 is 1.32 bits per heavy atom. The van der Waals surface area contributed by atoms with Crippen LogP contribution in [-0.2, 0) is 11.4 Å². The highest BCUT2D eigenvalue weighted by Gasteiger charge is 2.20. The molecule has 1 N–H and O–H groups in total. The number of pyridine rings is 1. The van der Waals surface area contributed by atoms with Crippen molar-refractivity contribution in [3.05, 3.63) is 66.0 Å². The Labute approximate surface area is 148 Å². The van der Waals surface area contributed by atoms with Gasteiger partial charge >= 0.3 is 0 Å². The van der Waals surface area contributed by atoms with Gasteiger partial charge in [0, 0.05) is 37.9 Å². The summed E-state index contributed by atoms with van der Waals surface area (Å²) in [6, 6.07) is 13.7. The monoisotopic (exact) mass is 337 g/mol. The molecule has 1 amide bonds. The smallest absolute Gasteiger partial charge is 0.246 e. The summed E-state index contributed by atoms with van der Waals surface area (Å²) >= 11 is 0. The molecule has 0 bridgehead atoms. The zero-order chi connectivity index (χ0) is 17.5. The zero-order valence-electron chi connectivity index (χ0n) is 14.4. The van der Waals surface area contributed by atoms with Crippen molar-refractivity contribution in [2.45, 2.75) is 19.6 Å². The van der Waals surface area contributed by atoms with E-state index in [0.717, 1.165) is 36.6 Å². The van der Waals surface area contributed by atoms with Crippen LogP contribution < -0.4 is 10.1 Å². The van der Waals surface area contributed by atoms with E-state index in [4.69, 9.17) is 4.74 Å². The maximum Gasteiger partial charge on any atom is 0.246 e. The van der Waals surface area contributed by atoms with E-state index in [1.54, 1.807) is 12.3 Å². The van der Waals surface area contributed by atoms with Crippen LogP contribution >= 0.6 is 0 Å². The number of nitrogens with zero attached hydrogens (tertiary/aromatic N) is 2. The minimum absolute atomic E-state index is 0.0597. The van der Waals surface area contributed by atoms with Gasteiger partial charge in [0.25, 0.3) is 0 Å². The molecule has 1 aromatic carbocycles. The van der Waals surface area contributed by atoms with E-state index in [2.05, 4.69) is 17.2 Å². The molecule has 25 heavy (non-hydrogen) atoms. The number of aromatic nitrogens is 1. The summed E-state index contributed by atoms with van der Waals surface area (Å²) in [5.41, 5.74) is 1.86. The number of carbonyl (C=O) groups excluding carboxylic acids is 1. The van der Waals surface area contributed by atoms with E-state index >= 15 is 0 Å². The van der Waals surface area contributed by atoms with Gasteiger partial charge in [-0.3, -0.25) is 9.78 Å². The standard InChI is InChI=1S/C20H23N3O2/c1-16-14-21-12-13-23(16)20(24)10-7-17-5-8-19(9-6-17)25-15-18-4-2-3-11-22-18/h2-11,16,21H,12-15H2,1H3/b10-7+. The SMILES string of the molecule is CC1CNCCN1C(=O)/C=C/c1ccc(OCc2ccccn2)cc1. The fourth-order valence-electron chi connectivity index (χ4n) is 2.75. The molecule has 0 spiro atoms. The first-order valence-electron chi connectivity index (χ1n) is 8.54. The first kappa shape index (κ1) is 17.2. The van der Waals surface area contributed by atoms with Crippen LogP contribution in [0.5, 0.6) is 5.75 Å². The molecular weight excluding hydrogens is 314 g/mol. The highest BCUT2D eigenvalue weighted by molar-refractivity contribution is 5.92. The first-order chi connectivity index (χ1) is 12.2. The summed E-state index contributed by atoms with van der Waals surface area (Å²) in [5.74, 6) is 0.842. The summed E-state index contributed by atoms with van der Waals surface area (Å²) in [7, 11) is 0. The van der Waals surface area contributed by atoms with E-state index in [9.17, 15) is 4.79 Å². The van der Waals surface area contributed by atoms with Crippen molar-refractivity contribution in [3.8, 4) is 5.75 Å². The normalized spacial score (nSPS) is 17.6. The number of carbonyl (C=O) groups is 1. The lowest BCUT2D eigenvalue weighted by molar-refractivity contribution is -0.128. The van der Waals surface area contributed by atoms with Gasteiger partial charge in [-0.25, -0.2) is 0 Å². The molecule has 1 aromatic heterocycles. The molecule has 5 heteroatoms. The van der Waals surface area contributed by atoms with Gasteiger partial charge in [0.1, 0.15) is 12.4 Å². The van der Waals surface area contributed by atoms with E-state index in [1.807, 2.05) is 53.4 Å². The molecule has 1 saturated heterocycles. The van der Waals surface area contributed by atoms with Crippen LogP contribution in [-0.4, -0.2) is 41.5 Å². The summed E-state index contributed by atoms with van der Waals surface area (Å²) in [4.78, 5) is 18.4. The molecule has 1 fully saturated rings. The second kappa shape index (κ2) is 8.44. The maximum absolute atomic E-state index is 12.3. The third-order valence-electron chi connectivity index (χ3n) is 4.20. The first-order valence-corrected chi connectivity index (χ1v) is 8.54. The molecular formula is C20H23N3O2. The summed E-state index contributed by atoms with van der Waals surface area (Å²) < 4.78 is 5.71. The molecule has 130 valence electrons. The van der Waals surface area contributed by atoms with Crippen LogP contribution in [0, 0.1) is 0 Å². The average molecular weight is 337 g/mol. The Balaban J connectivity index is 1.54. The van der Waals surface area contributed by atoms with Gasteiger partial charge in [0.2, 0.25) is 5.91 Å². The molecule has 0 aliphatic carbocycles. The van der Waals surface area contributed by atoms with Crippen LogP contribution in [0.15, 0.2) is 54.7 Å². The number of piperazine rings is 1. The second-order valence-electron chi connectivity index (χ2n) is 6.10. The Bertz CT molecular complexity index is 713. The zero-order valence-corrected chi connectivity index (χ0v) is 14.4. The van der Waals surface area contributed by atoms with Crippen LogP contribution in [0.4, 0.5) is 0 Å². The van der Waals surface area contributed by atoms with Crippen molar-refractivity contribution < 1.29 is 9.53 Å². The molecule has 1 aliphatic heterocycles. The van der Waals surface area contributed by atoms with Crippen LogP contribution in [0.2, 0.25) is 0 Å². The van der Waals surface area contributed by atoms with Crippen LogP contribution in [0.1, 0.15) is 18.2 Å². The van der Waals surface area contributed by atoms with Gasteiger partial charge in [-0.15, -0.1) is 0 Å². The summed E-state index contributed by atoms with van der Waals surface area (Å²) in [5, 5.41) is 3.29. The van der Waals surface area contributed by atoms with Gasteiger partial charge in [-0.1, -0.05) is 18.2 Å². The molecule has 1 aliphatic rings. The third-order valence-corrected chi connectivity index (χ3v) is 4.20. The molecule has 1 unspecified atom stereocenters.